The summed E-state index contributed by atoms with van der Waals surface area (Å²) < 4.78 is 27.7. The first-order valence-electron chi connectivity index (χ1n) is 7.44. The molecule has 0 saturated heterocycles. The normalized spacial score (nSPS) is 12.8. The average Bonchev–Trinajstić information content (AvgIpc) is 2.44. The van der Waals surface area contributed by atoms with E-state index in [2.05, 4.69) is 10.6 Å². The Balaban J connectivity index is 2.67. The number of amides is 3. The smallest absolute Gasteiger partial charge is 0.338 e. The molecule has 0 aliphatic carbocycles. The van der Waals surface area contributed by atoms with Crippen molar-refractivity contribution in [3.8, 4) is 0 Å². The van der Waals surface area contributed by atoms with Crippen molar-refractivity contribution >= 4 is 27.7 Å². The molecule has 1 aromatic rings. The minimum atomic E-state index is -3.37. The van der Waals surface area contributed by atoms with Gasteiger partial charge in [0.05, 0.1) is 10.5 Å². The summed E-state index contributed by atoms with van der Waals surface area (Å²) in [6.07, 6.45) is -0.150. The maximum absolute atomic E-state index is 12.0. The standard InChI is InChI=1S/C16H22N2O6S/c1-10(13(19)17-15(21)18-16(2,3)4)24-14(20)11-6-8-12(9-7-11)25(5,22)23/h6-10H,1-5H3,(H2,17,18,19,21)/t10-/m0/s1. The third-order valence-electron chi connectivity index (χ3n) is 2.90. The van der Waals surface area contributed by atoms with Gasteiger partial charge in [-0.25, -0.2) is 18.0 Å². The highest BCUT2D eigenvalue weighted by molar-refractivity contribution is 7.90. The molecular weight excluding hydrogens is 348 g/mol. The van der Waals surface area contributed by atoms with Crippen LogP contribution in [0.3, 0.4) is 0 Å². The van der Waals surface area contributed by atoms with Crippen LogP contribution in [-0.2, 0) is 19.4 Å². The lowest BCUT2D eigenvalue weighted by Crippen LogP contribution is -2.50. The van der Waals surface area contributed by atoms with Crippen molar-refractivity contribution in [3.63, 3.8) is 0 Å². The number of sulfone groups is 1. The molecule has 0 saturated carbocycles. The molecule has 0 heterocycles. The number of esters is 1. The van der Waals surface area contributed by atoms with E-state index >= 15 is 0 Å². The summed E-state index contributed by atoms with van der Waals surface area (Å²) in [5.74, 6) is -1.58. The topological polar surface area (TPSA) is 119 Å². The fourth-order valence-electron chi connectivity index (χ4n) is 1.71. The first kappa shape index (κ1) is 20.6. The molecule has 138 valence electrons. The van der Waals surface area contributed by atoms with Crippen LogP contribution in [0.5, 0.6) is 0 Å². The highest BCUT2D eigenvalue weighted by atomic mass is 32.2. The van der Waals surface area contributed by atoms with E-state index in [1.807, 2.05) is 0 Å². The van der Waals surface area contributed by atoms with Crippen molar-refractivity contribution in [1.82, 2.24) is 10.6 Å². The van der Waals surface area contributed by atoms with Gasteiger partial charge in [0.25, 0.3) is 5.91 Å². The van der Waals surface area contributed by atoms with E-state index in [1.54, 1.807) is 20.8 Å². The molecule has 0 spiro atoms. The second-order valence-corrected chi connectivity index (χ2v) is 8.55. The van der Waals surface area contributed by atoms with Gasteiger partial charge in [-0.05, 0) is 52.0 Å². The van der Waals surface area contributed by atoms with Gasteiger partial charge in [0.1, 0.15) is 0 Å². The Bertz CT molecular complexity index is 763. The second-order valence-electron chi connectivity index (χ2n) is 6.54. The monoisotopic (exact) mass is 370 g/mol. The number of nitrogens with one attached hydrogen (secondary N) is 2. The SMILES string of the molecule is C[C@H](OC(=O)c1ccc(S(C)(=O)=O)cc1)C(=O)NC(=O)NC(C)(C)C. The van der Waals surface area contributed by atoms with E-state index in [9.17, 15) is 22.8 Å². The zero-order chi connectivity index (χ0) is 19.4. The van der Waals surface area contributed by atoms with Crippen molar-refractivity contribution in [2.45, 2.75) is 44.2 Å². The molecule has 9 heteroatoms. The van der Waals surface area contributed by atoms with Crippen LogP contribution in [0.1, 0.15) is 38.1 Å². The van der Waals surface area contributed by atoms with E-state index in [0.29, 0.717) is 0 Å². The molecule has 2 N–H and O–H groups in total. The Hall–Kier alpha value is -2.42. The van der Waals surface area contributed by atoms with Crippen LogP contribution in [0.2, 0.25) is 0 Å². The van der Waals surface area contributed by atoms with Crippen LogP contribution in [0.4, 0.5) is 4.79 Å². The predicted octanol–water partition coefficient (Wildman–Crippen LogP) is 1.26. The molecule has 3 amide bonds. The number of hydrogen-bond donors (Lipinski definition) is 2. The molecule has 0 aliphatic heterocycles. The molecule has 8 nitrogen and oxygen atoms in total. The molecule has 0 bridgehead atoms. The molecule has 0 radical (unpaired) electrons. The Labute approximate surface area is 146 Å². The third kappa shape index (κ3) is 6.92. The quantitative estimate of drug-likeness (QED) is 0.770. The van der Waals surface area contributed by atoms with Crippen molar-refractivity contribution < 1.29 is 27.5 Å². The van der Waals surface area contributed by atoms with Crippen LogP contribution < -0.4 is 10.6 Å². The molecule has 1 aromatic carbocycles. The summed E-state index contributed by atoms with van der Waals surface area (Å²) >= 11 is 0. The van der Waals surface area contributed by atoms with E-state index < -0.39 is 39.4 Å². The van der Waals surface area contributed by atoms with Gasteiger partial charge in [-0.2, -0.15) is 0 Å². The van der Waals surface area contributed by atoms with Crippen LogP contribution in [0.15, 0.2) is 29.2 Å². The highest BCUT2D eigenvalue weighted by Crippen LogP contribution is 2.12. The minimum Gasteiger partial charge on any atom is -0.449 e. The number of urea groups is 1. The summed E-state index contributed by atoms with van der Waals surface area (Å²) in [5, 5.41) is 4.62. The lowest BCUT2D eigenvalue weighted by Gasteiger charge is -2.21. The Morgan fingerprint density at radius 3 is 2.04 bits per heavy atom. The Kier molecular flexibility index (Phi) is 6.31. The lowest BCUT2D eigenvalue weighted by atomic mass is 10.1. The lowest BCUT2D eigenvalue weighted by molar-refractivity contribution is -0.127. The van der Waals surface area contributed by atoms with Crippen LogP contribution >= 0.6 is 0 Å². The van der Waals surface area contributed by atoms with Crippen molar-refractivity contribution in [1.29, 1.82) is 0 Å². The molecular formula is C16H22N2O6S. The first-order chi connectivity index (χ1) is 11.3. The molecule has 0 aliphatic rings. The van der Waals surface area contributed by atoms with E-state index in [0.717, 1.165) is 6.26 Å². The molecule has 0 unspecified atom stereocenters. The molecule has 0 aromatic heterocycles. The van der Waals surface area contributed by atoms with E-state index in [4.69, 9.17) is 4.74 Å². The van der Waals surface area contributed by atoms with Gasteiger partial charge in [0.15, 0.2) is 15.9 Å². The fourth-order valence-corrected chi connectivity index (χ4v) is 2.34. The third-order valence-corrected chi connectivity index (χ3v) is 4.02. The molecule has 1 rings (SSSR count). The number of ether oxygens (including phenoxy) is 1. The predicted molar refractivity (Wildman–Crippen MR) is 90.9 cm³/mol. The van der Waals surface area contributed by atoms with Gasteiger partial charge in [-0.15, -0.1) is 0 Å². The maximum atomic E-state index is 12.0. The zero-order valence-corrected chi connectivity index (χ0v) is 15.6. The van der Waals surface area contributed by atoms with E-state index in [1.165, 1.54) is 31.2 Å². The van der Waals surface area contributed by atoms with Gasteiger partial charge in [0, 0.05) is 11.8 Å². The number of imide groups is 1. The van der Waals surface area contributed by atoms with Crippen LogP contribution in [0, 0.1) is 0 Å². The van der Waals surface area contributed by atoms with Crippen molar-refractivity contribution in [2.24, 2.45) is 0 Å². The molecule has 25 heavy (non-hydrogen) atoms. The largest absolute Gasteiger partial charge is 0.449 e. The van der Waals surface area contributed by atoms with Gasteiger partial charge in [0.2, 0.25) is 0 Å². The Morgan fingerprint density at radius 1 is 1.08 bits per heavy atom. The fraction of sp³-hybridized carbons (Fsp3) is 0.438. The average molecular weight is 370 g/mol. The number of rotatable bonds is 4. The summed E-state index contributed by atoms with van der Waals surface area (Å²) in [7, 11) is -3.37. The van der Waals surface area contributed by atoms with Gasteiger partial charge in [-0.3, -0.25) is 10.1 Å². The first-order valence-corrected chi connectivity index (χ1v) is 9.33. The molecule has 1 atom stereocenters. The van der Waals surface area contributed by atoms with Gasteiger partial charge < -0.3 is 10.1 Å². The number of benzene rings is 1. The van der Waals surface area contributed by atoms with Gasteiger partial charge in [-0.1, -0.05) is 0 Å². The highest BCUT2D eigenvalue weighted by Gasteiger charge is 2.22. The minimum absolute atomic E-state index is 0.0636. The second kappa shape index (κ2) is 7.64. The number of carbonyl (C=O) groups is 3. The maximum Gasteiger partial charge on any atom is 0.338 e. The summed E-state index contributed by atoms with van der Waals surface area (Å²) in [6.45, 7) is 6.57. The zero-order valence-electron chi connectivity index (χ0n) is 14.7. The molecule has 0 fully saturated rings. The summed E-state index contributed by atoms with van der Waals surface area (Å²) in [6, 6.07) is 4.42. The van der Waals surface area contributed by atoms with Crippen molar-refractivity contribution in [3.05, 3.63) is 29.8 Å². The summed E-state index contributed by atoms with van der Waals surface area (Å²) in [5.41, 5.74) is -0.433. The van der Waals surface area contributed by atoms with E-state index in [-0.39, 0.29) is 10.5 Å². The van der Waals surface area contributed by atoms with Crippen LogP contribution in [-0.4, -0.2) is 44.2 Å². The van der Waals surface area contributed by atoms with Crippen molar-refractivity contribution in [2.75, 3.05) is 6.26 Å². The number of hydrogen-bond acceptors (Lipinski definition) is 6. The number of carbonyl (C=O) groups excluding carboxylic acids is 3. The van der Waals surface area contributed by atoms with Gasteiger partial charge >= 0.3 is 12.0 Å². The van der Waals surface area contributed by atoms with Crippen LogP contribution in [0.25, 0.3) is 0 Å². The summed E-state index contributed by atoms with van der Waals surface area (Å²) in [4.78, 5) is 35.5. The Morgan fingerprint density at radius 2 is 1.60 bits per heavy atom.